The van der Waals surface area contributed by atoms with E-state index in [2.05, 4.69) is 46.5 Å². The highest BCUT2D eigenvalue weighted by Crippen LogP contribution is 2.27. The normalized spacial score (nSPS) is 17.0. The fourth-order valence-corrected chi connectivity index (χ4v) is 4.37. The first-order valence-electron chi connectivity index (χ1n) is 10.2. The molecule has 0 spiro atoms. The second-order valence-corrected chi connectivity index (χ2v) is 8.51. The number of halogens is 1. The van der Waals surface area contributed by atoms with Gasteiger partial charge in [0.25, 0.3) is 0 Å². The van der Waals surface area contributed by atoms with Gasteiger partial charge in [0.1, 0.15) is 11.9 Å². The minimum Gasteiger partial charge on any atom is -0.489 e. The van der Waals surface area contributed by atoms with Crippen LogP contribution in [0.15, 0.2) is 47.5 Å². The minimum absolute atomic E-state index is 0. The van der Waals surface area contributed by atoms with Crippen LogP contribution >= 0.6 is 35.3 Å². The minimum atomic E-state index is 0. The molecule has 0 saturated carbocycles. The summed E-state index contributed by atoms with van der Waals surface area (Å²) in [6.07, 6.45) is 0.0333. The van der Waals surface area contributed by atoms with E-state index in [9.17, 15) is 0 Å². The Morgan fingerprint density at radius 2 is 1.83 bits per heavy atom. The lowest BCUT2D eigenvalue weighted by atomic mass is 10.2. The van der Waals surface area contributed by atoms with Crippen molar-refractivity contribution in [1.82, 2.24) is 15.5 Å². The molecular formula is C22H33IN4O2S. The van der Waals surface area contributed by atoms with Gasteiger partial charge in [-0.15, -0.1) is 35.3 Å². The molecule has 2 aromatic rings. The predicted octanol–water partition coefficient (Wildman–Crippen LogP) is 3.68. The van der Waals surface area contributed by atoms with Crippen molar-refractivity contribution in [2.45, 2.75) is 26.0 Å². The van der Waals surface area contributed by atoms with Crippen LogP contribution in [-0.2, 0) is 4.74 Å². The molecule has 30 heavy (non-hydrogen) atoms. The van der Waals surface area contributed by atoms with Gasteiger partial charge in [-0.05, 0) is 38.1 Å². The number of morpholine rings is 1. The van der Waals surface area contributed by atoms with Crippen LogP contribution in [0.3, 0.4) is 0 Å². The largest absolute Gasteiger partial charge is 0.489 e. The molecule has 1 fully saturated rings. The number of thiophene rings is 1. The van der Waals surface area contributed by atoms with E-state index < -0.39 is 0 Å². The molecule has 1 saturated heterocycles. The number of guanidine groups is 1. The third kappa shape index (κ3) is 7.72. The second kappa shape index (κ2) is 13.1. The highest BCUT2D eigenvalue weighted by Gasteiger charge is 2.24. The van der Waals surface area contributed by atoms with Gasteiger partial charge in [-0.1, -0.05) is 18.2 Å². The Bertz CT molecular complexity index is 766. The SMILES string of the molecule is CN=C(NCC(C)Oc1ccccc1)NCC(c1ccc(C)s1)N1CCOCC1.I. The monoisotopic (exact) mass is 544 g/mol. The van der Waals surface area contributed by atoms with E-state index in [0.29, 0.717) is 12.6 Å². The average molecular weight is 545 g/mol. The van der Waals surface area contributed by atoms with Crippen LogP contribution in [0.5, 0.6) is 5.75 Å². The third-order valence-corrected chi connectivity index (χ3v) is 6.00. The van der Waals surface area contributed by atoms with Crippen LogP contribution in [0.1, 0.15) is 22.7 Å². The molecule has 1 aromatic heterocycles. The first kappa shape index (κ1) is 24.9. The van der Waals surface area contributed by atoms with E-state index >= 15 is 0 Å². The zero-order valence-electron chi connectivity index (χ0n) is 18.0. The van der Waals surface area contributed by atoms with E-state index in [1.807, 2.05) is 41.7 Å². The number of hydrogen-bond acceptors (Lipinski definition) is 5. The molecule has 6 nitrogen and oxygen atoms in total. The van der Waals surface area contributed by atoms with Crippen molar-refractivity contribution in [2.24, 2.45) is 4.99 Å². The van der Waals surface area contributed by atoms with Crippen molar-refractivity contribution in [2.75, 3.05) is 46.4 Å². The standard InChI is InChI=1S/C22H32N4O2S.HI/c1-17(28-19-7-5-4-6-8-19)15-24-22(23-3)25-16-20(21-10-9-18(2)29-21)26-11-13-27-14-12-26;/h4-10,17,20H,11-16H2,1-3H3,(H2,23,24,25);1H. The Morgan fingerprint density at radius 1 is 1.13 bits per heavy atom. The number of rotatable bonds is 8. The zero-order chi connectivity index (χ0) is 20.5. The summed E-state index contributed by atoms with van der Waals surface area (Å²) in [5.74, 6) is 1.67. The lowest BCUT2D eigenvalue weighted by Crippen LogP contribution is -2.47. The molecular weight excluding hydrogens is 511 g/mol. The molecule has 2 atom stereocenters. The quantitative estimate of drug-likeness (QED) is 0.302. The lowest BCUT2D eigenvalue weighted by Gasteiger charge is -2.34. The molecule has 2 unspecified atom stereocenters. The number of para-hydroxylation sites is 1. The number of nitrogens with zero attached hydrogens (tertiary/aromatic N) is 2. The molecule has 1 aliphatic rings. The fourth-order valence-electron chi connectivity index (χ4n) is 3.36. The van der Waals surface area contributed by atoms with Crippen molar-refractivity contribution in [3.63, 3.8) is 0 Å². The summed E-state index contributed by atoms with van der Waals surface area (Å²) in [5.41, 5.74) is 0. The molecule has 2 N–H and O–H groups in total. The summed E-state index contributed by atoms with van der Waals surface area (Å²) < 4.78 is 11.5. The van der Waals surface area contributed by atoms with E-state index in [0.717, 1.165) is 44.6 Å². The molecule has 1 aliphatic heterocycles. The third-order valence-electron chi connectivity index (χ3n) is 4.90. The molecule has 0 amide bonds. The van der Waals surface area contributed by atoms with E-state index in [1.54, 1.807) is 7.05 Å². The van der Waals surface area contributed by atoms with Gasteiger partial charge < -0.3 is 20.1 Å². The Hall–Kier alpha value is -1.36. The van der Waals surface area contributed by atoms with Crippen molar-refractivity contribution < 1.29 is 9.47 Å². The maximum atomic E-state index is 5.94. The summed E-state index contributed by atoms with van der Waals surface area (Å²) in [6, 6.07) is 14.6. The summed E-state index contributed by atoms with van der Waals surface area (Å²) >= 11 is 1.87. The van der Waals surface area contributed by atoms with E-state index in [-0.39, 0.29) is 30.1 Å². The number of hydrogen-bond donors (Lipinski definition) is 2. The maximum Gasteiger partial charge on any atom is 0.191 e. The van der Waals surface area contributed by atoms with Crippen molar-refractivity contribution in [1.29, 1.82) is 0 Å². The molecule has 8 heteroatoms. The molecule has 3 rings (SSSR count). The zero-order valence-corrected chi connectivity index (χ0v) is 21.1. The highest BCUT2D eigenvalue weighted by atomic mass is 127. The maximum absolute atomic E-state index is 5.94. The Kier molecular flexibility index (Phi) is 10.9. The summed E-state index contributed by atoms with van der Waals surface area (Å²) in [6.45, 7) is 9.19. The molecule has 1 aromatic carbocycles. The van der Waals surface area contributed by atoms with Crippen LogP contribution in [0.2, 0.25) is 0 Å². The molecule has 2 heterocycles. The smallest absolute Gasteiger partial charge is 0.191 e. The van der Waals surface area contributed by atoms with Gasteiger partial charge in [0.15, 0.2) is 5.96 Å². The number of aryl methyl sites for hydroxylation is 1. The molecule has 0 aliphatic carbocycles. The topological polar surface area (TPSA) is 58.1 Å². The number of nitrogens with one attached hydrogen (secondary N) is 2. The lowest BCUT2D eigenvalue weighted by molar-refractivity contribution is 0.0177. The number of benzene rings is 1. The molecule has 0 radical (unpaired) electrons. The first-order chi connectivity index (χ1) is 14.2. The number of aliphatic imine (C=N–C) groups is 1. The highest BCUT2D eigenvalue weighted by molar-refractivity contribution is 14.0. The van der Waals surface area contributed by atoms with Crippen molar-refractivity contribution >= 4 is 41.3 Å². The fraction of sp³-hybridized carbons (Fsp3) is 0.500. The van der Waals surface area contributed by atoms with Crippen LogP contribution in [0.4, 0.5) is 0 Å². The van der Waals surface area contributed by atoms with Crippen LogP contribution < -0.4 is 15.4 Å². The van der Waals surface area contributed by atoms with Gasteiger partial charge >= 0.3 is 0 Å². The van der Waals surface area contributed by atoms with Crippen LogP contribution in [0, 0.1) is 6.92 Å². The summed E-state index contributed by atoms with van der Waals surface area (Å²) in [5, 5.41) is 6.88. The van der Waals surface area contributed by atoms with E-state index in [4.69, 9.17) is 9.47 Å². The van der Waals surface area contributed by atoms with Gasteiger partial charge in [0.05, 0.1) is 25.8 Å². The summed E-state index contributed by atoms with van der Waals surface area (Å²) in [4.78, 5) is 9.60. The molecule has 166 valence electrons. The van der Waals surface area contributed by atoms with Crippen molar-refractivity contribution in [3.05, 3.63) is 52.2 Å². The molecule has 0 bridgehead atoms. The van der Waals surface area contributed by atoms with Gasteiger partial charge in [-0.3, -0.25) is 9.89 Å². The first-order valence-corrected chi connectivity index (χ1v) is 11.0. The Morgan fingerprint density at radius 3 is 2.47 bits per heavy atom. The van der Waals surface area contributed by atoms with E-state index in [1.165, 1.54) is 9.75 Å². The van der Waals surface area contributed by atoms with Gasteiger partial charge in [0, 0.05) is 36.4 Å². The van der Waals surface area contributed by atoms with Gasteiger partial charge in [0.2, 0.25) is 0 Å². The van der Waals surface area contributed by atoms with Gasteiger partial charge in [-0.2, -0.15) is 0 Å². The Labute approximate surface area is 201 Å². The predicted molar refractivity (Wildman–Crippen MR) is 136 cm³/mol. The second-order valence-electron chi connectivity index (χ2n) is 7.19. The Balaban J connectivity index is 0.00000320. The van der Waals surface area contributed by atoms with Crippen LogP contribution in [-0.4, -0.2) is 63.4 Å². The number of ether oxygens (including phenoxy) is 2. The summed E-state index contributed by atoms with van der Waals surface area (Å²) in [7, 11) is 1.80. The van der Waals surface area contributed by atoms with Crippen LogP contribution in [0.25, 0.3) is 0 Å². The van der Waals surface area contributed by atoms with Crippen molar-refractivity contribution in [3.8, 4) is 5.75 Å². The average Bonchev–Trinajstić information content (AvgIpc) is 3.18. The van der Waals surface area contributed by atoms with Gasteiger partial charge in [-0.25, -0.2) is 0 Å².